The molecule has 0 saturated heterocycles. The molecule has 3 rings (SSSR count). The molecular weight excluding hydrogens is 490 g/mol. The number of nitrogens with zero attached hydrogens (tertiary/aromatic N) is 1. The second-order valence-electron chi connectivity index (χ2n) is 9.84. The number of ether oxygens (including phenoxy) is 1. The highest BCUT2D eigenvalue weighted by Crippen LogP contribution is 2.38. The highest BCUT2D eigenvalue weighted by molar-refractivity contribution is 7.92. The van der Waals surface area contributed by atoms with Crippen molar-refractivity contribution >= 4 is 27.7 Å². The molecule has 8 nitrogen and oxygen atoms in total. The zero-order valence-electron chi connectivity index (χ0n) is 22.0. The third kappa shape index (κ3) is 6.68. The van der Waals surface area contributed by atoms with Crippen molar-refractivity contribution in [3.8, 4) is 16.9 Å². The van der Waals surface area contributed by atoms with E-state index in [9.17, 15) is 18.0 Å². The molecule has 37 heavy (non-hydrogen) atoms. The molecule has 1 amide bonds. The number of benzene rings is 2. The van der Waals surface area contributed by atoms with Crippen LogP contribution in [0.1, 0.15) is 42.3 Å². The van der Waals surface area contributed by atoms with E-state index in [0.29, 0.717) is 22.4 Å². The number of carbonyl (C=O) groups is 1. The van der Waals surface area contributed by atoms with Crippen molar-refractivity contribution in [3.63, 3.8) is 0 Å². The van der Waals surface area contributed by atoms with Crippen LogP contribution in [0.5, 0.6) is 5.75 Å². The molecule has 0 spiro atoms. The van der Waals surface area contributed by atoms with Gasteiger partial charge in [0, 0.05) is 37.0 Å². The van der Waals surface area contributed by atoms with E-state index in [0.717, 1.165) is 5.56 Å². The van der Waals surface area contributed by atoms with E-state index in [1.807, 2.05) is 26.8 Å². The molecule has 0 atom stereocenters. The Hall–Kier alpha value is -3.85. The third-order valence-corrected chi connectivity index (χ3v) is 6.86. The summed E-state index contributed by atoms with van der Waals surface area (Å²) in [6.45, 7) is 6.12. The fraction of sp³-hybridized carbons (Fsp3) is 0.286. The van der Waals surface area contributed by atoms with Crippen LogP contribution in [-0.4, -0.2) is 51.2 Å². The van der Waals surface area contributed by atoms with Gasteiger partial charge in [0.2, 0.25) is 10.0 Å². The van der Waals surface area contributed by atoms with Gasteiger partial charge in [0.1, 0.15) is 5.75 Å². The predicted octanol–water partition coefficient (Wildman–Crippen LogP) is 4.50. The number of para-hydroxylation sites is 1. The number of hydrogen-bond donors (Lipinski definition) is 2. The van der Waals surface area contributed by atoms with Crippen LogP contribution in [0.15, 0.2) is 65.6 Å². The second-order valence-corrected chi connectivity index (χ2v) is 11.6. The lowest BCUT2D eigenvalue weighted by Gasteiger charge is -2.24. The molecule has 196 valence electrons. The molecule has 0 unspecified atom stereocenters. The summed E-state index contributed by atoms with van der Waals surface area (Å²) in [7, 11) is 0.955. The number of carbonyl (C=O) groups excluding carboxylic acids is 1. The summed E-state index contributed by atoms with van der Waals surface area (Å²) in [4.78, 5) is 29.0. The average molecular weight is 524 g/mol. The quantitative estimate of drug-likeness (QED) is 0.452. The van der Waals surface area contributed by atoms with Gasteiger partial charge in [-0.3, -0.25) is 14.3 Å². The van der Waals surface area contributed by atoms with Crippen LogP contribution < -0.4 is 15.0 Å². The fourth-order valence-corrected chi connectivity index (χ4v) is 4.82. The van der Waals surface area contributed by atoms with Crippen molar-refractivity contribution in [3.05, 3.63) is 87.8 Å². The molecule has 2 N–H and O–H groups in total. The molecule has 0 fully saturated rings. The van der Waals surface area contributed by atoms with E-state index in [1.54, 1.807) is 75.9 Å². The summed E-state index contributed by atoms with van der Waals surface area (Å²) < 4.78 is 34.0. The highest BCUT2D eigenvalue weighted by Gasteiger charge is 2.23. The van der Waals surface area contributed by atoms with Gasteiger partial charge in [0.25, 0.3) is 11.5 Å². The standard InChI is InChI=1S/C28H33N3O5S/c1-28(2,3)23-18-20(21-13-9-15-29-26(21)32)17-19(25(23)36-6)11-10-16-37(34,35)30-24-14-8-7-12-22(24)27(33)31(4)5/h7-15,17-18,30H,16H2,1-6H3,(H,29,32)/b11-10+. The number of hydrogen-bond acceptors (Lipinski definition) is 5. The number of anilines is 1. The number of aromatic amines is 1. The SMILES string of the molecule is COc1c(/C=C/CS(=O)(=O)Nc2ccccc2C(=O)N(C)C)cc(-c2ccc[nH]c2=O)cc1C(C)(C)C. The molecule has 0 aliphatic heterocycles. The van der Waals surface area contributed by atoms with Crippen LogP contribution in [0.2, 0.25) is 0 Å². The molecule has 0 aliphatic rings. The number of amides is 1. The Morgan fingerprint density at radius 3 is 2.43 bits per heavy atom. The number of methoxy groups -OCH3 is 1. The first-order valence-electron chi connectivity index (χ1n) is 11.7. The van der Waals surface area contributed by atoms with Gasteiger partial charge in [-0.05, 0) is 47.4 Å². The molecule has 3 aromatic rings. The third-order valence-electron chi connectivity index (χ3n) is 5.70. The van der Waals surface area contributed by atoms with Crippen molar-refractivity contribution in [1.82, 2.24) is 9.88 Å². The Bertz CT molecular complexity index is 1480. The van der Waals surface area contributed by atoms with Crippen LogP contribution in [0, 0.1) is 0 Å². The summed E-state index contributed by atoms with van der Waals surface area (Å²) in [5.74, 6) is -0.0325. The van der Waals surface area contributed by atoms with Crippen LogP contribution in [0.3, 0.4) is 0 Å². The number of nitrogens with one attached hydrogen (secondary N) is 2. The van der Waals surface area contributed by atoms with E-state index in [1.165, 1.54) is 11.0 Å². The number of pyridine rings is 1. The first-order chi connectivity index (χ1) is 17.3. The van der Waals surface area contributed by atoms with E-state index < -0.39 is 10.0 Å². The van der Waals surface area contributed by atoms with Gasteiger partial charge in [-0.2, -0.15) is 0 Å². The smallest absolute Gasteiger partial charge is 0.255 e. The Kier molecular flexibility index (Phi) is 8.28. The molecule has 1 aromatic heterocycles. The van der Waals surface area contributed by atoms with Crippen molar-refractivity contribution < 1.29 is 17.9 Å². The van der Waals surface area contributed by atoms with Crippen molar-refractivity contribution in [2.45, 2.75) is 26.2 Å². The zero-order chi connectivity index (χ0) is 27.4. The predicted molar refractivity (Wildman–Crippen MR) is 149 cm³/mol. The van der Waals surface area contributed by atoms with Gasteiger partial charge < -0.3 is 14.6 Å². The Morgan fingerprint density at radius 2 is 1.81 bits per heavy atom. The monoisotopic (exact) mass is 523 g/mol. The van der Waals surface area contributed by atoms with Crippen molar-refractivity contribution in [1.29, 1.82) is 0 Å². The normalized spacial score (nSPS) is 11.9. The topological polar surface area (TPSA) is 109 Å². The van der Waals surface area contributed by atoms with Crippen LogP contribution in [0.25, 0.3) is 17.2 Å². The summed E-state index contributed by atoms with van der Waals surface area (Å²) >= 11 is 0. The van der Waals surface area contributed by atoms with Gasteiger partial charge >= 0.3 is 0 Å². The lowest BCUT2D eigenvalue weighted by Crippen LogP contribution is -2.24. The van der Waals surface area contributed by atoms with Crippen LogP contribution >= 0.6 is 0 Å². The van der Waals surface area contributed by atoms with Crippen molar-refractivity contribution in [2.24, 2.45) is 0 Å². The maximum Gasteiger partial charge on any atom is 0.255 e. The highest BCUT2D eigenvalue weighted by atomic mass is 32.2. The Balaban J connectivity index is 1.97. The summed E-state index contributed by atoms with van der Waals surface area (Å²) in [6.07, 6.45) is 4.76. The molecule has 9 heteroatoms. The minimum absolute atomic E-state index is 0.215. The minimum Gasteiger partial charge on any atom is -0.496 e. The molecule has 1 heterocycles. The number of H-pyrrole nitrogens is 1. The molecule has 0 bridgehead atoms. The van der Waals surface area contributed by atoms with Crippen LogP contribution in [-0.2, 0) is 15.4 Å². The summed E-state index contributed by atoms with van der Waals surface area (Å²) in [5, 5.41) is 0. The van der Waals surface area contributed by atoms with Gasteiger partial charge in [0.05, 0.1) is 24.1 Å². The Labute approximate surface area is 218 Å². The van der Waals surface area contributed by atoms with Crippen molar-refractivity contribution in [2.75, 3.05) is 31.7 Å². The zero-order valence-corrected chi connectivity index (χ0v) is 22.8. The van der Waals surface area contributed by atoms with E-state index in [4.69, 9.17) is 4.74 Å². The van der Waals surface area contributed by atoms with Crippen LogP contribution in [0.4, 0.5) is 5.69 Å². The van der Waals surface area contributed by atoms with Gasteiger partial charge in [-0.1, -0.05) is 45.1 Å². The fourth-order valence-electron chi connectivity index (χ4n) is 3.87. The van der Waals surface area contributed by atoms with E-state index >= 15 is 0 Å². The summed E-state index contributed by atoms with van der Waals surface area (Å²) in [5.41, 5.74) is 2.68. The molecule has 0 radical (unpaired) electrons. The first kappa shape index (κ1) is 27.7. The first-order valence-corrected chi connectivity index (χ1v) is 13.4. The van der Waals surface area contributed by atoms with Gasteiger partial charge in [0.15, 0.2) is 0 Å². The summed E-state index contributed by atoms with van der Waals surface area (Å²) in [6, 6.07) is 13.7. The van der Waals surface area contributed by atoms with Gasteiger partial charge in [-0.15, -0.1) is 0 Å². The maximum atomic E-state index is 12.9. The molecule has 0 aliphatic carbocycles. The van der Waals surface area contributed by atoms with Gasteiger partial charge in [-0.25, -0.2) is 8.42 Å². The molecule has 2 aromatic carbocycles. The minimum atomic E-state index is -3.82. The largest absolute Gasteiger partial charge is 0.496 e. The molecular formula is C28H33N3O5S. The number of sulfonamides is 1. The number of rotatable bonds is 8. The Morgan fingerprint density at radius 1 is 1.11 bits per heavy atom. The second kappa shape index (κ2) is 11.0. The average Bonchev–Trinajstić information content (AvgIpc) is 2.82. The van der Waals surface area contributed by atoms with E-state index in [-0.39, 0.29) is 33.9 Å². The maximum absolute atomic E-state index is 12.9. The lowest BCUT2D eigenvalue weighted by molar-refractivity contribution is 0.0828. The lowest BCUT2D eigenvalue weighted by atomic mass is 9.83. The van der Waals surface area contributed by atoms with E-state index in [2.05, 4.69) is 9.71 Å². The molecule has 0 saturated carbocycles. The number of aromatic nitrogens is 1.